The molecule has 2 aliphatic rings. The van der Waals surface area contributed by atoms with Crippen molar-refractivity contribution in [1.29, 1.82) is 0 Å². The molecule has 0 bridgehead atoms. The van der Waals surface area contributed by atoms with Crippen molar-refractivity contribution in [2.24, 2.45) is 5.73 Å². The number of hydrogen-bond acceptors (Lipinski definition) is 6. The van der Waals surface area contributed by atoms with Crippen LogP contribution in [-0.4, -0.2) is 48.7 Å². The first-order valence-electron chi connectivity index (χ1n) is 8.58. The molecule has 2 aliphatic heterocycles. The molecular formula is C17H17ClN4O4S2. The maximum absolute atomic E-state index is 12.3. The monoisotopic (exact) mass is 440 g/mol. The Bertz CT molecular complexity index is 943. The minimum atomic E-state index is -0.443. The lowest BCUT2D eigenvalue weighted by molar-refractivity contribution is 0.0920. The first kappa shape index (κ1) is 19.0. The van der Waals surface area contributed by atoms with Gasteiger partial charge < -0.3 is 20.7 Å². The van der Waals surface area contributed by atoms with Crippen molar-refractivity contribution in [1.82, 2.24) is 10.2 Å². The van der Waals surface area contributed by atoms with Gasteiger partial charge in [0.1, 0.15) is 11.1 Å². The Kier molecular flexibility index (Phi) is 5.17. The van der Waals surface area contributed by atoms with Crippen LogP contribution in [0, 0.1) is 0 Å². The fourth-order valence-corrected chi connectivity index (χ4v) is 5.30. The molecule has 8 nitrogen and oxygen atoms in total. The molecule has 4 amide bonds. The number of fused-ring (bicyclic) bond motifs is 1. The second-order valence-corrected chi connectivity index (χ2v) is 9.30. The van der Waals surface area contributed by atoms with Crippen LogP contribution in [0.4, 0.5) is 14.6 Å². The van der Waals surface area contributed by atoms with E-state index in [0.717, 1.165) is 15.4 Å². The molecule has 0 saturated carbocycles. The summed E-state index contributed by atoms with van der Waals surface area (Å²) in [6.45, 7) is 1.60. The Morgan fingerprint density at radius 2 is 2.18 bits per heavy atom. The smallest absolute Gasteiger partial charge is 0.415 e. The van der Waals surface area contributed by atoms with Crippen LogP contribution in [0.1, 0.15) is 20.1 Å². The van der Waals surface area contributed by atoms with E-state index in [1.807, 2.05) is 6.07 Å². The number of cyclic esters (lactones) is 1. The third kappa shape index (κ3) is 3.80. The molecule has 148 valence electrons. The fourth-order valence-electron chi connectivity index (χ4n) is 3.18. The molecule has 11 heteroatoms. The molecule has 0 radical (unpaired) electrons. The zero-order valence-electron chi connectivity index (χ0n) is 14.6. The molecule has 2 aromatic heterocycles. The van der Waals surface area contributed by atoms with Crippen LogP contribution in [0.2, 0.25) is 4.34 Å². The second-order valence-electron chi connectivity index (χ2n) is 6.47. The number of halogens is 1. The maximum atomic E-state index is 12.3. The number of amides is 4. The summed E-state index contributed by atoms with van der Waals surface area (Å²) >= 11 is 8.56. The van der Waals surface area contributed by atoms with Gasteiger partial charge in [0.2, 0.25) is 0 Å². The fraction of sp³-hybridized carbons (Fsp3) is 0.353. The number of nitrogens with two attached hydrogens (primary N) is 1. The summed E-state index contributed by atoms with van der Waals surface area (Å²) in [5, 5.41) is 3.55. The van der Waals surface area contributed by atoms with Gasteiger partial charge in [-0.3, -0.25) is 9.69 Å². The van der Waals surface area contributed by atoms with E-state index in [1.54, 1.807) is 21.9 Å². The highest BCUT2D eigenvalue weighted by atomic mass is 35.5. The van der Waals surface area contributed by atoms with Gasteiger partial charge in [-0.15, -0.1) is 22.7 Å². The maximum Gasteiger partial charge on any atom is 0.415 e. The molecule has 0 aromatic carbocycles. The summed E-state index contributed by atoms with van der Waals surface area (Å²) in [4.78, 5) is 40.6. The van der Waals surface area contributed by atoms with Gasteiger partial charge in [-0.05, 0) is 30.2 Å². The number of hydrogen-bond donors (Lipinski definition) is 2. The topological polar surface area (TPSA) is 105 Å². The summed E-state index contributed by atoms with van der Waals surface area (Å²) in [6, 6.07) is 4.78. The number of carbonyl (C=O) groups is 3. The first-order chi connectivity index (χ1) is 13.4. The zero-order valence-corrected chi connectivity index (χ0v) is 17.0. The van der Waals surface area contributed by atoms with Gasteiger partial charge in [0.25, 0.3) is 5.91 Å². The molecule has 1 fully saturated rings. The number of anilines is 1. The summed E-state index contributed by atoms with van der Waals surface area (Å²) in [7, 11) is 0. The molecule has 1 atom stereocenters. The second kappa shape index (κ2) is 7.61. The normalized spacial score (nSPS) is 18.8. The molecule has 3 N–H and O–H groups in total. The Labute approximate surface area is 173 Å². The zero-order chi connectivity index (χ0) is 19.8. The Morgan fingerprint density at radius 3 is 2.89 bits per heavy atom. The lowest BCUT2D eigenvalue weighted by Gasteiger charge is -2.24. The molecule has 28 heavy (non-hydrogen) atoms. The Balaban J connectivity index is 1.37. The minimum Gasteiger partial charge on any atom is -0.442 e. The van der Waals surface area contributed by atoms with Gasteiger partial charge in [0.15, 0.2) is 0 Å². The highest BCUT2D eigenvalue weighted by Gasteiger charge is 2.34. The van der Waals surface area contributed by atoms with E-state index in [-0.39, 0.29) is 12.5 Å². The van der Waals surface area contributed by atoms with E-state index in [2.05, 4.69) is 5.32 Å². The molecule has 4 rings (SSSR count). The van der Waals surface area contributed by atoms with E-state index >= 15 is 0 Å². The lowest BCUT2D eigenvalue weighted by atomic mass is 10.1. The SMILES string of the molecule is NC(=O)N1CCc2sc(N3C[C@H](CNC(=O)c4ccc(Cl)s4)OC3=O)cc2C1. The third-order valence-electron chi connectivity index (χ3n) is 4.59. The van der Waals surface area contributed by atoms with Crippen LogP contribution in [0.3, 0.4) is 0 Å². The minimum absolute atomic E-state index is 0.219. The average molecular weight is 441 g/mol. The molecule has 1 saturated heterocycles. The molecule has 4 heterocycles. The van der Waals surface area contributed by atoms with E-state index in [4.69, 9.17) is 22.1 Å². The predicted octanol–water partition coefficient (Wildman–Crippen LogP) is 2.66. The van der Waals surface area contributed by atoms with E-state index in [9.17, 15) is 14.4 Å². The van der Waals surface area contributed by atoms with Crippen LogP contribution in [0.5, 0.6) is 0 Å². The van der Waals surface area contributed by atoms with Crippen molar-refractivity contribution in [2.45, 2.75) is 19.1 Å². The van der Waals surface area contributed by atoms with Crippen molar-refractivity contribution in [3.63, 3.8) is 0 Å². The molecule has 2 aromatic rings. The molecule has 0 unspecified atom stereocenters. The highest BCUT2D eigenvalue weighted by molar-refractivity contribution is 7.18. The van der Waals surface area contributed by atoms with E-state index in [1.165, 1.54) is 22.7 Å². The summed E-state index contributed by atoms with van der Waals surface area (Å²) in [5.74, 6) is -0.246. The third-order valence-corrected chi connectivity index (χ3v) is 7.08. The van der Waals surface area contributed by atoms with Gasteiger partial charge >= 0.3 is 12.1 Å². The van der Waals surface area contributed by atoms with Crippen molar-refractivity contribution in [2.75, 3.05) is 24.5 Å². The van der Waals surface area contributed by atoms with Gasteiger partial charge in [0, 0.05) is 18.0 Å². The van der Waals surface area contributed by atoms with Gasteiger partial charge in [-0.2, -0.15) is 0 Å². The first-order valence-corrected chi connectivity index (χ1v) is 10.6. The van der Waals surface area contributed by atoms with Crippen molar-refractivity contribution in [3.8, 4) is 0 Å². The molecular weight excluding hydrogens is 424 g/mol. The number of nitrogens with one attached hydrogen (secondary N) is 1. The largest absolute Gasteiger partial charge is 0.442 e. The summed E-state index contributed by atoms with van der Waals surface area (Å²) in [5.41, 5.74) is 6.36. The Morgan fingerprint density at radius 1 is 1.36 bits per heavy atom. The summed E-state index contributed by atoms with van der Waals surface area (Å²) in [6.07, 6.45) is -0.161. The standard InChI is InChI=1S/C17H17ClN4O4S2/c18-13-2-1-12(27-13)15(23)20-6-10-8-22(17(25)26-10)14-5-9-7-21(16(19)24)4-3-11(9)28-14/h1-2,5,10H,3-4,6-8H2,(H2,19,24)(H,20,23)/t10-/m0/s1. The van der Waals surface area contributed by atoms with Crippen LogP contribution in [0.15, 0.2) is 18.2 Å². The van der Waals surface area contributed by atoms with Crippen molar-refractivity contribution < 1.29 is 19.1 Å². The number of ether oxygens (including phenoxy) is 1. The number of rotatable bonds is 4. The van der Waals surface area contributed by atoms with Crippen LogP contribution in [0.25, 0.3) is 0 Å². The van der Waals surface area contributed by atoms with Crippen molar-refractivity contribution in [3.05, 3.63) is 37.9 Å². The van der Waals surface area contributed by atoms with Crippen LogP contribution in [-0.2, 0) is 17.7 Å². The number of carbonyl (C=O) groups excluding carboxylic acids is 3. The van der Waals surface area contributed by atoms with Gasteiger partial charge in [0.05, 0.1) is 22.3 Å². The average Bonchev–Trinajstić information content (AvgIpc) is 3.36. The van der Waals surface area contributed by atoms with E-state index in [0.29, 0.717) is 35.3 Å². The molecule has 0 spiro atoms. The van der Waals surface area contributed by atoms with Gasteiger partial charge in [-0.1, -0.05) is 11.6 Å². The van der Waals surface area contributed by atoms with Crippen LogP contribution >= 0.6 is 34.3 Å². The highest BCUT2D eigenvalue weighted by Crippen LogP contribution is 2.35. The quantitative estimate of drug-likeness (QED) is 0.762. The van der Waals surface area contributed by atoms with Crippen molar-refractivity contribution >= 4 is 57.3 Å². The predicted molar refractivity (Wildman–Crippen MR) is 107 cm³/mol. The van der Waals surface area contributed by atoms with E-state index < -0.39 is 18.2 Å². The van der Waals surface area contributed by atoms with Crippen LogP contribution < -0.4 is 16.0 Å². The number of primary amides is 1. The number of thiophene rings is 2. The summed E-state index contributed by atoms with van der Waals surface area (Å²) < 4.78 is 5.92. The lowest BCUT2D eigenvalue weighted by Crippen LogP contribution is -2.38. The number of urea groups is 1. The number of nitrogens with zero attached hydrogens (tertiary/aromatic N) is 2. The molecule has 0 aliphatic carbocycles. The van der Waals surface area contributed by atoms with Gasteiger partial charge in [-0.25, -0.2) is 9.59 Å². The Hall–Kier alpha value is -2.30.